The zero-order valence-electron chi connectivity index (χ0n) is 11.9. The molecule has 0 aliphatic carbocycles. The number of halogens is 1. The van der Waals surface area contributed by atoms with Gasteiger partial charge in [-0.15, -0.1) is 0 Å². The van der Waals surface area contributed by atoms with Crippen molar-refractivity contribution >= 4 is 32.9 Å². The number of fused-ring (bicyclic) bond motifs is 1. The van der Waals surface area contributed by atoms with Crippen LogP contribution in [0.2, 0.25) is 0 Å². The van der Waals surface area contributed by atoms with Gasteiger partial charge in [0.25, 0.3) is 0 Å². The van der Waals surface area contributed by atoms with Crippen molar-refractivity contribution in [3.63, 3.8) is 0 Å². The summed E-state index contributed by atoms with van der Waals surface area (Å²) in [5.74, 6) is 0.277. The van der Waals surface area contributed by atoms with E-state index in [1.807, 2.05) is 19.1 Å². The van der Waals surface area contributed by atoms with Crippen LogP contribution in [0.1, 0.15) is 39.1 Å². The Balaban J connectivity index is 2.41. The van der Waals surface area contributed by atoms with Crippen molar-refractivity contribution in [1.82, 2.24) is 9.55 Å². The summed E-state index contributed by atoms with van der Waals surface area (Å²) in [6.07, 6.45) is 0.849. The van der Waals surface area contributed by atoms with Gasteiger partial charge in [0.2, 0.25) is 0 Å². The summed E-state index contributed by atoms with van der Waals surface area (Å²) in [6.45, 7) is 6.19. The topological polar surface area (TPSA) is 55.1 Å². The Hall–Kier alpha value is -1.36. The van der Waals surface area contributed by atoms with Gasteiger partial charge < -0.3 is 9.67 Å². The first-order valence-corrected chi connectivity index (χ1v) is 7.56. The zero-order chi connectivity index (χ0) is 14.9. The number of carbonyl (C=O) groups is 1. The number of hydrogen-bond acceptors (Lipinski definition) is 2. The van der Waals surface area contributed by atoms with Crippen LogP contribution in [0, 0.1) is 5.92 Å². The molecule has 1 aromatic heterocycles. The molecule has 0 saturated carbocycles. The monoisotopic (exact) mass is 338 g/mol. The summed E-state index contributed by atoms with van der Waals surface area (Å²) in [6, 6.07) is 6.36. The summed E-state index contributed by atoms with van der Waals surface area (Å²) in [7, 11) is 0. The van der Waals surface area contributed by atoms with Gasteiger partial charge >= 0.3 is 5.97 Å². The van der Waals surface area contributed by atoms with Gasteiger partial charge in [-0.1, -0.05) is 22.9 Å². The van der Waals surface area contributed by atoms with Gasteiger partial charge in [0.15, 0.2) is 0 Å². The molecule has 5 heteroatoms. The highest BCUT2D eigenvalue weighted by molar-refractivity contribution is 9.10. The zero-order valence-corrected chi connectivity index (χ0v) is 13.5. The number of aliphatic carboxylic acids is 1. The highest BCUT2D eigenvalue weighted by atomic mass is 79.9. The predicted molar refractivity (Wildman–Crippen MR) is 82.9 cm³/mol. The second kappa shape index (κ2) is 5.95. The molecule has 20 heavy (non-hydrogen) atoms. The molecule has 4 nitrogen and oxygen atoms in total. The molecule has 0 bridgehead atoms. The van der Waals surface area contributed by atoms with Crippen LogP contribution in [0.5, 0.6) is 0 Å². The molecular weight excluding hydrogens is 320 g/mol. The third kappa shape index (κ3) is 3.20. The average molecular weight is 339 g/mol. The fourth-order valence-corrected chi connectivity index (χ4v) is 2.87. The van der Waals surface area contributed by atoms with Crippen LogP contribution in [0.15, 0.2) is 22.7 Å². The molecule has 1 aromatic carbocycles. The molecule has 2 aromatic rings. The summed E-state index contributed by atoms with van der Waals surface area (Å²) in [5.41, 5.74) is 2.05. The van der Waals surface area contributed by atoms with E-state index in [4.69, 9.17) is 5.11 Å². The number of benzene rings is 1. The Labute approximate surface area is 126 Å². The minimum atomic E-state index is -0.757. The maximum Gasteiger partial charge on any atom is 0.303 e. The number of carboxylic acids is 1. The molecule has 108 valence electrons. The van der Waals surface area contributed by atoms with E-state index in [2.05, 4.69) is 45.4 Å². The number of hydrogen-bond donors (Lipinski definition) is 1. The number of rotatable bonds is 5. The SMILES string of the molecule is CC(CC(=O)O)Cc1nc2cc(Br)ccc2n1C(C)C. The van der Waals surface area contributed by atoms with Crippen LogP contribution in [0.3, 0.4) is 0 Å². The van der Waals surface area contributed by atoms with E-state index in [1.54, 1.807) is 0 Å². The maximum absolute atomic E-state index is 10.8. The van der Waals surface area contributed by atoms with Crippen LogP contribution in [0.25, 0.3) is 11.0 Å². The van der Waals surface area contributed by atoms with Gasteiger partial charge in [-0.05, 0) is 38.0 Å². The van der Waals surface area contributed by atoms with Crippen molar-refractivity contribution in [2.75, 3.05) is 0 Å². The molecule has 0 amide bonds. The molecule has 0 spiro atoms. The Kier molecular flexibility index (Phi) is 4.48. The van der Waals surface area contributed by atoms with Crippen LogP contribution in [-0.4, -0.2) is 20.6 Å². The lowest BCUT2D eigenvalue weighted by Gasteiger charge is -2.15. The molecule has 0 fully saturated rings. The predicted octanol–water partition coefficient (Wildman–Crippen LogP) is 4.03. The third-order valence-electron chi connectivity index (χ3n) is 3.30. The molecule has 0 radical (unpaired) electrons. The van der Waals surface area contributed by atoms with E-state index in [-0.39, 0.29) is 12.3 Å². The highest BCUT2D eigenvalue weighted by Crippen LogP contribution is 2.26. The normalized spacial score (nSPS) is 13.1. The lowest BCUT2D eigenvalue weighted by molar-refractivity contribution is -0.137. The van der Waals surface area contributed by atoms with Gasteiger partial charge in [-0.2, -0.15) is 0 Å². The summed E-state index contributed by atoms with van der Waals surface area (Å²) in [4.78, 5) is 15.5. The molecule has 1 heterocycles. The first-order valence-electron chi connectivity index (χ1n) is 6.76. The molecule has 0 saturated heterocycles. The van der Waals surface area contributed by atoms with Crippen molar-refractivity contribution in [1.29, 1.82) is 0 Å². The van der Waals surface area contributed by atoms with Crippen molar-refractivity contribution in [2.24, 2.45) is 5.92 Å². The largest absolute Gasteiger partial charge is 0.481 e. The van der Waals surface area contributed by atoms with Gasteiger partial charge in [-0.3, -0.25) is 4.79 Å². The van der Waals surface area contributed by atoms with Crippen molar-refractivity contribution in [2.45, 2.75) is 39.7 Å². The van der Waals surface area contributed by atoms with Crippen LogP contribution < -0.4 is 0 Å². The Morgan fingerprint density at radius 1 is 1.40 bits per heavy atom. The van der Waals surface area contributed by atoms with Crippen LogP contribution in [0.4, 0.5) is 0 Å². The fraction of sp³-hybridized carbons (Fsp3) is 0.467. The molecule has 1 atom stereocenters. The minimum absolute atomic E-state index is 0.0743. The summed E-state index contributed by atoms with van der Waals surface area (Å²) in [5, 5.41) is 8.88. The third-order valence-corrected chi connectivity index (χ3v) is 3.79. The van der Waals surface area contributed by atoms with Gasteiger partial charge in [0.1, 0.15) is 5.82 Å². The molecule has 1 N–H and O–H groups in total. The second-order valence-corrected chi connectivity index (χ2v) is 6.45. The quantitative estimate of drug-likeness (QED) is 0.895. The van der Waals surface area contributed by atoms with Crippen molar-refractivity contribution < 1.29 is 9.90 Å². The van der Waals surface area contributed by atoms with E-state index in [0.717, 1.165) is 21.3 Å². The first kappa shape index (κ1) is 15.0. The first-order chi connectivity index (χ1) is 9.38. The number of nitrogens with zero attached hydrogens (tertiary/aromatic N) is 2. The van der Waals surface area contributed by atoms with Crippen molar-refractivity contribution in [3.8, 4) is 0 Å². The minimum Gasteiger partial charge on any atom is -0.481 e. The fourth-order valence-electron chi connectivity index (χ4n) is 2.52. The van der Waals surface area contributed by atoms with Gasteiger partial charge in [-0.25, -0.2) is 4.98 Å². The molecule has 1 unspecified atom stereocenters. The highest BCUT2D eigenvalue weighted by Gasteiger charge is 2.17. The lowest BCUT2D eigenvalue weighted by Crippen LogP contribution is -2.13. The lowest BCUT2D eigenvalue weighted by atomic mass is 10.0. The van der Waals surface area contributed by atoms with Crippen LogP contribution in [-0.2, 0) is 11.2 Å². The smallest absolute Gasteiger partial charge is 0.303 e. The van der Waals surface area contributed by atoms with E-state index in [9.17, 15) is 4.79 Å². The second-order valence-electron chi connectivity index (χ2n) is 5.53. The van der Waals surface area contributed by atoms with Crippen molar-refractivity contribution in [3.05, 3.63) is 28.5 Å². The summed E-state index contributed by atoms with van der Waals surface area (Å²) < 4.78 is 3.20. The standard InChI is InChI=1S/C15H19BrN2O2/c1-9(2)18-13-5-4-11(16)8-12(13)17-14(18)6-10(3)7-15(19)20/h4-5,8-10H,6-7H2,1-3H3,(H,19,20). The average Bonchev–Trinajstić information content (AvgIpc) is 2.64. The van der Waals surface area contributed by atoms with E-state index >= 15 is 0 Å². The Morgan fingerprint density at radius 2 is 2.10 bits per heavy atom. The maximum atomic E-state index is 10.8. The van der Waals surface area contributed by atoms with E-state index in [1.165, 1.54) is 0 Å². The Morgan fingerprint density at radius 3 is 2.70 bits per heavy atom. The van der Waals surface area contributed by atoms with Gasteiger partial charge in [0.05, 0.1) is 11.0 Å². The number of carboxylic acid groups (broad SMARTS) is 1. The molecular formula is C15H19BrN2O2. The van der Waals surface area contributed by atoms with Gasteiger partial charge in [0, 0.05) is 23.4 Å². The molecule has 0 aliphatic rings. The number of imidazole rings is 1. The number of aromatic nitrogens is 2. The molecule has 2 rings (SSSR count). The van der Waals surface area contributed by atoms with Crippen LogP contribution >= 0.6 is 15.9 Å². The Bertz CT molecular complexity index is 634. The summed E-state index contributed by atoms with van der Waals surface area (Å²) >= 11 is 3.46. The molecule has 0 aliphatic heterocycles. The van der Waals surface area contributed by atoms with E-state index in [0.29, 0.717) is 12.5 Å². The van der Waals surface area contributed by atoms with E-state index < -0.39 is 5.97 Å².